The largest absolute Gasteiger partial charge is 0.493 e. The molecule has 2 aromatic carbocycles. The molecule has 0 atom stereocenters. The molecule has 6 heteroatoms. The van der Waals surface area contributed by atoms with Crippen LogP contribution in [0, 0.1) is 0 Å². The predicted octanol–water partition coefficient (Wildman–Crippen LogP) is 5.30. The molecule has 3 aromatic rings. The number of nitrogens with zero attached hydrogens (tertiary/aromatic N) is 2. The molecule has 0 unspecified atom stereocenters. The molecular formula is C27H35N3O3. The SMILES string of the molecule is CCc1c(CO)cccc1Nc1ccnc2cc(OCCCN3CCCCC3)c(OC)cc12. The van der Waals surface area contributed by atoms with Crippen molar-refractivity contribution in [1.29, 1.82) is 0 Å². The van der Waals surface area contributed by atoms with Crippen molar-refractivity contribution in [1.82, 2.24) is 9.88 Å². The monoisotopic (exact) mass is 449 g/mol. The summed E-state index contributed by atoms with van der Waals surface area (Å²) in [6.07, 6.45) is 7.62. The van der Waals surface area contributed by atoms with Gasteiger partial charge in [0.2, 0.25) is 0 Å². The lowest BCUT2D eigenvalue weighted by atomic mass is 10.0. The summed E-state index contributed by atoms with van der Waals surface area (Å²) in [6.45, 7) is 6.28. The van der Waals surface area contributed by atoms with Crippen LogP contribution in [0.3, 0.4) is 0 Å². The fourth-order valence-corrected chi connectivity index (χ4v) is 4.65. The number of aliphatic hydroxyl groups excluding tert-OH is 1. The lowest BCUT2D eigenvalue weighted by molar-refractivity contribution is 0.203. The van der Waals surface area contributed by atoms with Gasteiger partial charge in [-0.15, -0.1) is 0 Å². The van der Waals surface area contributed by atoms with Crippen LogP contribution in [0.4, 0.5) is 11.4 Å². The maximum atomic E-state index is 9.70. The minimum Gasteiger partial charge on any atom is -0.493 e. The van der Waals surface area contributed by atoms with Gasteiger partial charge in [0, 0.05) is 35.6 Å². The van der Waals surface area contributed by atoms with Crippen LogP contribution in [0.15, 0.2) is 42.6 Å². The van der Waals surface area contributed by atoms with Crippen molar-refractivity contribution < 1.29 is 14.6 Å². The van der Waals surface area contributed by atoms with Crippen LogP contribution in [0.1, 0.15) is 43.7 Å². The number of likely N-dealkylation sites (tertiary alicyclic amines) is 1. The van der Waals surface area contributed by atoms with Crippen LogP contribution in [0.25, 0.3) is 10.9 Å². The molecule has 2 N–H and O–H groups in total. The van der Waals surface area contributed by atoms with Crippen LogP contribution in [-0.2, 0) is 13.0 Å². The van der Waals surface area contributed by atoms with Crippen LogP contribution in [0.2, 0.25) is 0 Å². The van der Waals surface area contributed by atoms with Crippen LogP contribution in [-0.4, -0.2) is 48.3 Å². The maximum absolute atomic E-state index is 9.70. The van der Waals surface area contributed by atoms with E-state index in [1.807, 2.05) is 36.4 Å². The molecule has 33 heavy (non-hydrogen) atoms. The van der Waals surface area contributed by atoms with Crippen molar-refractivity contribution in [2.75, 3.05) is 38.7 Å². The third-order valence-corrected chi connectivity index (χ3v) is 6.42. The average molecular weight is 450 g/mol. The van der Waals surface area contributed by atoms with Crippen molar-refractivity contribution in [2.45, 2.75) is 45.6 Å². The lowest BCUT2D eigenvalue weighted by Crippen LogP contribution is -2.31. The summed E-state index contributed by atoms with van der Waals surface area (Å²) in [4.78, 5) is 7.10. The van der Waals surface area contributed by atoms with Gasteiger partial charge in [0.15, 0.2) is 11.5 Å². The molecule has 4 rings (SSSR count). The molecule has 1 aliphatic heterocycles. The molecule has 0 bridgehead atoms. The average Bonchev–Trinajstić information content (AvgIpc) is 2.86. The van der Waals surface area contributed by atoms with Crippen LogP contribution >= 0.6 is 0 Å². The third-order valence-electron chi connectivity index (χ3n) is 6.42. The molecule has 176 valence electrons. The second kappa shape index (κ2) is 11.3. The number of pyridine rings is 1. The molecule has 1 fully saturated rings. The second-order valence-corrected chi connectivity index (χ2v) is 8.56. The summed E-state index contributed by atoms with van der Waals surface area (Å²) >= 11 is 0. The quantitative estimate of drug-likeness (QED) is 0.410. The second-order valence-electron chi connectivity index (χ2n) is 8.56. The van der Waals surface area contributed by atoms with Gasteiger partial charge in [0.05, 0.1) is 25.8 Å². The predicted molar refractivity (Wildman–Crippen MR) is 134 cm³/mol. The zero-order valence-corrected chi connectivity index (χ0v) is 19.8. The van der Waals surface area contributed by atoms with Gasteiger partial charge in [-0.1, -0.05) is 25.5 Å². The van der Waals surface area contributed by atoms with Gasteiger partial charge in [0.25, 0.3) is 0 Å². The summed E-state index contributed by atoms with van der Waals surface area (Å²) in [7, 11) is 1.67. The Morgan fingerprint density at radius 2 is 1.91 bits per heavy atom. The lowest BCUT2D eigenvalue weighted by Gasteiger charge is -2.26. The van der Waals surface area contributed by atoms with Gasteiger partial charge in [-0.3, -0.25) is 4.98 Å². The normalized spacial score (nSPS) is 14.4. The van der Waals surface area contributed by atoms with Gasteiger partial charge >= 0.3 is 0 Å². The van der Waals surface area contributed by atoms with Crippen molar-refractivity contribution in [3.63, 3.8) is 0 Å². The highest BCUT2D eigenvalue weighted by Crippen LogP contribution is 2.36. The van der Waals surface area contributed by atoms with Crippen molar-refractivity contribution in [3.05, 3.63) is 53.7 Å². The Morgan fingerprint density at radius 3 is 2.67 bits per heavy atom. The standard InChI is InChI=1S/C27H35N3O3/c1-3-21-20(19-31)9-7-10-23(21)29-24-11-12-28-25-18-27(26(32-2)17-22(24)25)33-16-8-15-30-13-5-4-6-14-30/h7,9-12,17-18,31H,3-6,8,13-16,19H2,1-2H3,(H,28,29). The van der Waals surface area contributed by atoms with Gasteiger partial charge in [-0.05, 0) is 68.1 Å². The number of piperidine rings is 1. The Hall–Kier alpha value is -2.83. The number of rotatable bonds is 10. The number of ether oxygens (including phenoxy) is 2. The van der Waals surface area contributed by atoms with Crippen molar-refractivity contribution in [3.8, 4) is 11.5 Å². The van der Waals surface area contributed by atoms with Crippen molar-refractivity contribution >= 4 is 22.3 Å². The highest BCUT2D eigenvalue weighted by Gasteiger charge is 2.14. The number of benzene rings is 2. The maximum Gasteiger partial charge on any atom is 0.163 e. The number of fused-ring (bicyclic) bond motifs is 1. The molecule has 1 aromatic heterocycles. The first-order valence-corrected chi connectivity index (χ1v) is 12.0. The molecule has 0 spiro atoms. The Balaban J connectivity index is 1.52. The first kappa shape index (κ1) is 23.3. The molecule has 0 amide bonds. The first-order chi connectivity index (χ1) is 16.2. The topological polar surface area (TPSA) is 66.8 Å². The van der Waals surface area contributed by atoms with Gasteiger partial charge < -0.3 is 24.8 Å². The van der Waals surface area contributed by atoms with E-state index in [9.17, 15) is 5.11 Å². The number of methoxy groups -OCH3 is 1. The number of hydrogen-bond donors (Lipinski definition) is 2. The van der Waals surface area contributed by atoms with E-state index in [-0.39, 0.29) is 6.61 Å². The molecule has 0 radical (unpaired) electrons. The Kier molecular flexibility index (Phi) is 8.02. The number of anilines is 2. The molecule has 6 nitrogen and oxygen atoms in total. The summed E-state index contributed by atoms with van der Waals surface area (Å²) < 4.78 is 11.8. The van der Waals surface area contributed by atoms with Crippen LogP contribution < -0.4 is 14.8 Å². The highest BCUT2D eigenvalue weighted by atomic mass is 16.5. The van der Waals surface area contributed by atoms with Gasteiger partial charge in [-0.2, -0.15) is 0 Å². The summed E-state index contributed by atoms with van der Waals surface area (Å²) in [5, 5.41) is 14.2. The summed E-state index contributed by atoms with van der Waals surface area (Å²) in [6, 6.07) is 11.9. The highest BCUT2D eigenvalue weighted by molar-refractivity contribution is 5.95. The van der Waals surface area contributed by atoms with E-state index >= 15 is 0 Å². The third kappa shape index (κ3) is 5.57. The molecular weight excluding hydrogens is 414 g/mol. The first-order valence-electron chi connectivity index (χ1n) is 12.0. The summed E-state index contributed by atoms with van der Waals surface area (Å²) in [5.41, 5.74) is 4.85. The number of nitrogens with one attached hydrogen (secondary N) is 1. The van der Waals surface area contributed by atoms with E-state index in [0.717, 1.165) is 58.5 Å². The molecule has 0 aliphatic carbocycles. The van der Waals surface area contributed by atoms with E-state index in [0.29, 0.717) is 12.4 Å². The molecule has 0 saturated carbocycles. The Bertz CT molecular complexity index is 1060. The zero-order chi connectivity index (χ0) is 23.0. The number of hydrogen-bond acceptors (Lipinski definition) is 6. The van der Waals surface area contributed by atoms with E-state index < -0.39 is 0 Å². The van der Waals surface area contributed by atoms with Gasteiger partial charge in [-0.25, -0.2) is 0 Å². The van der Waals surface area contributed by atoms with Crippen molar-refractivity contribution in [2.24, 2.45) is 0 Å². The number of aliphatic hydroxyl groups is 1. The van der Waals surface area contributed by atoms with E-state index in [1.165, 1.54) is 32.4 Å². The zero-order valence-electron chi connectivity index (χ0n) is 19.8. The minimum atomic E-state index is 0.0298. The van der Waals surface area contributed by atoms with Gasteiger partial charge in [0.1, 0.15) is 0 Å². The van der Waals surface area contributed by atoms with Crippen LogP contribution in [0.5, 0.6) is 11.5 Å². The number of aromatic nitrogens is 1. The Labute approximate surface area is 196 Å². The Morgan fingerprint density at radius 1 is 1.06 bits per heavy atom. The summed E-state index contributed by atoms with van der Waals surface area (Å²) in [5.74, 6) is 1.43. The van der Waals surface area contributed by atoms with E-state index in [1.54, 1.807) is 13.3 Å². The molecule has 2 heterocycles. The molecule has 1 aliphatic rings. The van der Waals surface area contributed by atoms with E-state index in [4.69, 9.17) is 9.47 Å². The minimum absolute atomic E-state index is 0.0298. The molecule has 1 saturated heterocycles. The fourth-order valence-electron chi connectivity index (χ4n) is 4.65. The van der Waals surface area contributed by atoms with E-state index in [2.05, 4.69) is 22.1 Å². The smallest absolute Gasteiger partial charge is 0.163 e. The fraction of sp³-hybridized carbons (Fsp3) is 0.444.